The predicted molar refractivity (Wildman–Crippen MR) is 116 cm³/mol. The zero-order valence-electron chi connectivity index (χ0n) is 18.1. The smallest absolute Gasteiger partial charge is 0.261 e. The van der Waals surface area contributed by atoms with E-state index in [2.05, 4.69) is 11.4 Å². The normalized spacial score (nSPS) is 11.8. The van der Waals surface area contributed by atoms with E-state index in [-0.39, 0.29) is 18.4 Å². The van der Waals surface area contributed by atoms with Gasteiger partial charge in [-0.15, -0.1) is 0 Å². The first-order valence-corrected chi connectivity index (χ1v) is 10.1. The van der Waals surface area contributed by atoms with E-state index >= 15 is 0 Å². The number of rotatable bonds is 9. The number of hydrogen-bond donors (Lipinski definition) is 1. The fraction of sp³-hybridized carbons (Fsp3) is 0.417. The minimum absolute atomic E-state index is 0.114. The molecule has 0 bridgehead atoms. The Kier molecular flexibility index (Phi) is 8.25. The molecule has 0 spiro atoms. The highest BCUT2D eigenvalue weighted by Gasteiger charge is 2.26. The molecule has 2 aromatic rings. The third-order valence-electron chi connectivity index (χ3n) is 4.61. The van der Waals surface area contributed by atoms with Crippen molar-refractivity contribution in [3.05, 3.63) is 65.2 Å². The Morgan fingerprint density at radius 1 is 1.00 bits per heavy atom. The van der Waals surface area contributed by atoms with E-state index in [1.807, 2.05) is 70.2 Å². The Hall–Kier alpha value is -2.82. The Labute approximate surface area is 174 Å². The molecule has 29 heavy (non-hydrogen) atoms. The lowest BCUT2D eigenvalue weighted by molar-refractivity contribution is -0.142. The van der Waals surface area contributed by atoms with Crippen molar-refractivity contribution in [1.29, 1.82) is 0 Å². The van der Waals surface area contributed by atoms with Crippen LogP contribution < -0.4 is 10.1 Å². The lowest BCUT2D eigenvalue weighted by Gasteiger charge is -2.29. The molecular formula is C24H32N2O3. The molecule has 2 aromatic carbocycles. The summed E-state index contributed by atoms with van der Waals surface area (Å²) in [5.74, 6) is 0.624. The number of nitrogens with zero attached hydrogens (tertiary/aromatic N) is 1. The molecule has 0 aliphatic rings. The van der Waals surface area contributed by atoms with Crippen molar-refractivity contribution in [1.82, 2.24) is 10.2 Å². The topological polar surface area (TPSA) is 58.6 Å². The maximum atomic E-state index is 13.0. The van der Waals surface area contributed by atoms with E-state index in [9.17, 15) is 9.59 Å². The second-order valence-corrected chi connectivity index (χ2v) is 7.93. The van der Waals surface area contributed by atoms with Crippen LogP contribution in [-0.2, 0) is 16.1 Å². The molecule has 0 aromatic heterocycles. The summed E-state index contributed by atoms with van der Waals surface area (Å²) in [6, 6.07) is 14.9. The van der Waals surface area contributed by atoms with E-state index in [1.54, 1.807) is 11.8 Å². The largest absolute Gasteiger partial charge is 0.484 e. The molecule has 1 N–H and O–H groups in total. The average Bonchev–Trinajstić information content (AvgIpc) is 2.68. The number of benzene rings is 2. The van der Waals surface area contributed by atoms with Crippen LogP contribution in [0.4, 0.5) is 0 Å². The Morgan fingerprint density at radius 2 is 1.62 bits per heavy atom. The van der Waals surface area contributed by atoms with Gasteiger partial charge in [-0.05, 0) is 55.5 Å². The fourth-order valence-electron chi connectivity index (χ4n) is 3.06. The Bertz CT molecular complexity index is 798. The van der Waals surface area contributed by atoms with Crippen LogP contribution in [0.1, 0.15) is 37.5 Å². The second kappa shape index (κ2) is 10.6. The van der Waals surface area contributed by atoms with Crippen LogP contribution in [0.2, 0.25) is 0 Å². The van der Waals surface area contributed by atoms with Gasteiger partial charge in [0, 0.05) is 13.1 Å². The first-order valence-electron chi connectivity index (χ1n) is 10.1. The summed E-state index contributed by atoms with van der Waals surface area (Å²) in [6.45, 7) is 10.6. The number of carbonyl (C=O) groups is 2. The number of amides is 2. The van der Waals surface area contributed by atoms with Crippen LogP contribution in [-0.4, -0.2) is 35.9 Å². The molecule has 2 rings (SSSR count). The maximum Gasteiger partial charge on any atom is 0.261 e. The summed E-state index contributed by atoms with van der Waals surface area (Å²) >= 11 is 0. The van der Waals surface area contributed by atoms with Gasteiger partial charge in [0.1, 0.15) is 11.8 Å². The number of carbonyl (C=O) groups excluding carboxylic acids is 2. The fourth-order valence-corrected chi connectivity index (χ4v) is 3.06. The maximum absolute atomic E-state index is 13.0. The van der Waals surface area contributed by atoms with Gasteiger partial charge in [-0.2, -0.15) is 0 Å². The van der Waals surface area contributed by atoms with Gasteiger partial charge in [0.2, 0.25) is 5.91 Å². The van der Waals surface area contributed by atoms with E-state index < -0.39 is 6.04 Å². The van der Waals surface area contributed by atoms with Crippen LogP contribution in [0.15, 0.2) is 48.5 Å². The Balaban J connectivity index is 2.12. The lowest BCUT2D eigenvalue weighted by atomic mass is 10.1. The van der Waals surface area contributed by atoms with Crippen LogP contribution in [0, 0.1) is 19.8 Å². The molecule has 1 unspecified atom stereocenters. The van der Waals surface area contributed by atoms with Crippen LogP contribution in [0.3, 0.4) is 0 Å². The number of aryl methyl sites for hydroxylation is 2. The molecule has 0 fully saturated rings. The lowest BCUT2D eigenvalue weighted by Crippen LogP contribution is -2.49. The highest BCUT2D eigenvalue weighted by atomic mass is 16.5. The molecule has 5 nitrogen and oxygen atoms in total. The quantitative estimate of drug-likeness (QED) is 0.700. The molecule has 5 heteroatoms. The minimum atomic E-state index is -0.593. The predicted octanol–water partition coefficient (Wildman–Crippen LogP) is 3.87. The van der Waals surface area contributed by atoms with E-state index in [0.717, 1.165) is 16.7 Å². The summed E-state index contributed by atoms with van der Waals surface area (Å²) in [5.41, 5.74) is 3.13. The highest BCUT2D eigenvalue weighted by molar-refractivity contribution is 5.87. The van der Waals surface area contributed by atoms with Gasteiger partial charge in [-0.1, -0.05) is 50.2 Å². The standard InChI is InChI=1S/C24H32N2O3/c1-17(2)14-25-24(28)20(5)26(15-21-9-7-6-8-10-21)23(27)16-29-22-12-18(3)11-19(4)13-22/h6-13,17,20H,14-16H2,1-5H3,(H,25,28). The van der Waals surface area contributed by atoms with Crippen molar-refractivity contribution >= 4 is 11.8 Å². The van der Waals surface area contributed by atoms with Crippen LogP contribution in [0.25, 0.3) is 0 Å². The van der Waals surface area contributed by atoms with Gasteiger partial charge in [-0.25, -0.2) is 0 Å². The molecule has 0 heterocycles. The number of ether oxygens (including phenoxy) is 1. The highest BCUT2D eigenvalue weighted by Crippen LogP contribution is 2.17. The van der Waals surface area contributed by atoms with Gasteiger partial charge in [0.25, 0.3) is 5.91 Å². The monoisotopic (exact) mass is 396 g/mol. The molecule has 0 radical (unpaired) electrons. The molecule has 2 amide bonds. The van der Waals surface area contributed by atoms with Crippen molar-refractivity contribution in [2.24, 2.45) is 5.92 Å². The van der Waals surface area contributed by atoms with E-state index in [4.69, 9.17) is 4.74 Å². The van der Waals surface area contributed by atoms with E-state index in [1.165, 1.54) is 0 Å². The van der Waals surface area contributed by atoms with Crippen LogP contribution >= 0.6 is 0 Å². The summed E-state index contributed by atoms with van der Waals surface area (Å²) in [7, 11) is 0. The summed E-state index contributed by atoms with van der Waals surface area (Å²) in [6.07, 6.45) is 0. The van der Waals surface area contributed by atoms with Crippen molar-refractivity contribution in [3.8, 4) is 5.75 Å². The zero-order chi connectivity index (χ0) is 21.4. The van der Waals surface area contributed by atoms with Crippen LogP contribution in [0.5, 0.6) is 5.75 Å². The van der Waals surface area contributed by atoms with Gasteiger partial charge >= 0.3 is 0 Å². The van der Waals surface area contributed by atoms with Gasteiger partial charge in [0.05, 0.1) is 0 Å². The molecule has 1 atom stereocenters. The number of nitrogens with one attached hydrogen (secondary N) is 1. The molecule has 0 saturated heterocycles. The third kappa shape index (κ3) is 7.26. The Morgan fingerprint density at radius 3 is 2.21 bits per heavy atom. The SMILES string of the molecule is Cc1cc(C)cc(OCC(=O)N(Cc2ccccc2)C(C)C(=O)NCC(C)C)c1. The molecular weight excluding hydrogens is 364 g/mol. The molecule has 0 aliphatic heterocycles. The summed E-state index contributed by atoms with van der Waals surface area (Å²) in [4.78, 5) is 27.2. The van der Waals surface area contributed by atoms with Crippen molar-refractivity contribution in [3.63, 3.8) is 0 Å². The zero-order valence-corrected chi connectivity index (χ0v) is 18.1. The first-order chi connectivity index (χ1) is 13.8. The molecule has 0 saturated carbocycles. The second-order valence-electron chi connectivity index (χ2n) is 7.93. The van der Waals surface area contributed by atoms with Crippen molar-refractivity contribution < 1.29 is 14.3 Å². The molecule has 156 valence electrons. The number of hydrogen-bond acceptors (Lipinski definition) is 3. The van der Waals surface area contributed by atoms with Crippen molar-refractivity contribution in [2.45, 2.75) is 47.2 Å². The van der Waals surface area contributed by atoms with Gasteiger partial charge in [-0.3, -0.25) is 9.59 Å². The average molecular weight is 397 g/mol. The first kappa shape index (κ1) is 22.5. The molecule has 0 aliphatic carbocycles. The van der Waals surface area contributed by atoms with Crippen molar-refractivity contribution in [2.75, 3.05) is 13.2 Å². The third-order valence-corrected chi connectivity index (χ3v) is 4.61. The minimum Gasteiger partial charge on any atom is -0.484 e. The summed E-state index contributed by atoms with van der Waals surface area (Å²) < 4.78 is 5.75. The summed E-state index contributed by atoms with van der Waals surface area (Å²) in [5, 5.41) is 2.92. The van der Waals surface area contributed by atoms with E-state index in [0.29, 0.717) is 24.8 Å². The van der Waals surface area contributed by atoms with Gasteiger partial charge < -0.3 is 15.0 Å². The van der Waals surface area contributed by atoms with Gasteiger partial charge in [0.15, 0.2) is 6.61 Å².